The zero-order valence-electron chi connectivity index (χ0n) is 24.9. The number of rotatable bonds is 11. The highest BCUT2D eigenvalue weighted by atomic mass is 16.5. The van der Waals surface area contributed by atoms with Gasteiger partial charge in [0.1, 0.15) is 12.4 Å². The number of aliphatic hydroxyl groups excluding tert-OH is 1. The number of carboxylic acid groups (broad SMARTS) is 2. The normalized spacial score (nSPS) is 13.3. The summed E-state index contributed by atoms with van der Waals surface area (Å²) in [5.74, 6) is -1.92. The summed E-state index contributed by atoms with van der Waals surface area (Å²) in [5.41, 5.74) is 8.00. The number of pyridine rings is 1. The first kappa shape index (κ1) is 32.2. The van der Waals surface area contributed by atoms with Gasteiger partial charge < -0.3 is 30.4 Å². The van der Waals surface area contributed by atoms with Gasteiger partial charge in [-0.3, -0.25) is 4.79 Å². The van der Waals surface area contributed by atoms with E-state index in [9.17, 15) is 19.5 Å². The van der Waals surface area contributed by atoms with Crippen LogP contribution in [0.2, 0.25) is 0 Å². The molecule has 0 spiro atoms. The molecule has 0 saturated heterocycles. The van der Waals surface area contributed by atoms with Crippen molar-refractivity contribution in [2.75, 3.05) is 6.54 Å². The highest BCUT2D eigenvalue weighted by molar-refractivity contribution is 5.89. The van der Waals surface area contributed by atoms with Crippen molar-refractivity contribution in [1.82, 2.24) is 10.3 Å². The van der Waals surface area contributed by atoms with Gasteiger partial charge in [-0.1, -0.05) is 62.4 Å². The number of H-pyrrole nitrogens is 1. The van der Waals surface area contributed by atoms with Crippen LogP contribution < -0.4 is 15.6 Å². The molecule has 1 aliphatic carbocycles. The van der Waals surface area contributed by atoms with E-state index in [1.807, 2.05) is 42.5 Å². The van der Waals surface area contributed by atoms with E-state index >= 15 is 0 Å². The monoisotopic (exact) mass is 598 g/mol. The Bertz CT molecular complexity index is 1650. The van der Waals surface area contributed by atoms with Crippen molar-refractivity contribution < 1.29 is 29.6 Å². The number of aromatic amines is 1. The Balaban J connectivity index is 0.000000488. The van der Waals surface area contributed by atoms with Crippen molar-refractivity contribution in [2.45, 2.75) is 58.3 Å². The Labute approximate surface area is 255 Å². The lowest BCUT2D eigenvalue weighted by Gasteiger charge is -2.19. The average Bonchev–Trinajstić information content (AvgIpc) is 3.43. The van der Waals surface area contributed by atoms with E-state index in [2.05, 4.69) is 36.3 Å². The number of benzene rings is 3. The van der Waals surface area contributed by atoms with E-state index in [-0.39, 0.29) is 5.56 Å². The van der Waals surface area contributed by atoms with Crippen LogP contribution in [0.5, 0.6) is 5.75 Å². The predicted molar refractivity (Wildman–Crippen MR) is 169 cm³/mol. The van der Waals surface area contributed by atoms with Crippen LogP contribution in [0.1, 0.15) is 53.3 Å². The van der Waals surface area contributed by atoms with Gasteiger partial charge in [-0.25, -0.2) is 9.59 Å². The first-order valence-electron chi connectivity index (χ1n) is 14.7. The lowest BCUT2D eigenvalue weighted by Crippen LogP contribution is -2.33. The quantitative estimate of drug-likeness (QED) is 0.156. The third kappa shape index (κ3) is 8.43. The van der Waals surface area contributed by atoms with E-state index in [0.717, 1.165) is 42.2 Å². The van der Waals surface area contributed by atoms with Gasteiger partial charge in [0, 0.05) is 36.2 Å². The second-order valence-corrected chi connectivity index (χ2v) is 10.7. The minimum Gasteiger partial charge on any atom is -0.487 e. The van der Waals surface area contributed by atoms with Crippen LogP contribution in [0.3, 0.4) is 0 Å². The number of hydrogen-bond acceptors (Lipinski definition) is 6. The van der Waals surface area contributed by atoms with Crippen LogP contribution in [0.25, 0.3) is 10.9 Å². The number of carboxylic acids is 2. The molecule has 4 aromatic rings. The summed E-state index contributed by atoms with van der Waals surface area (Å²) in [4.78, 5) is 34.1. The highest BCUT2D eigenvalue weighted by Crippen LogP contribution is 2.31. The Kier molecular flexibility index (Phi) is 11.1. The van der Waals surface area contributed by atoms with Crippen molar-refractivity contribution in [2.24, 2.45) is 0 Å². The van der Waals surface area contributed by atoms with Gasteiger partial charge in [-0.2, -0.15) is 0 Å². The number of nitrogens with one attached hydrogen (secondary N) is 2. The molecule has 1 aromatic heterocycles. The second-order valence-electron chi connectivity index (χ2n) is 10.7. The Morgan fingerprint density at radius 3 is 2.11 bits per heavy atom. The lowest BCUT2D eigenvalue weighted by atomic mass is 9.97. The number of fused-ring (bicyclic) bond motifs is 2. The number of aryl methyl sites for hydroxylation is 2. The molecule has 5 rings (SSSR count). The molecule has 0 saturated carbocycles. The summed E-state index contributed by atoms with van der Waals surface area (Å²) in [7, 11) is 0. The van der Waals surface area contributed by atoms with Crippen LogP contribution in [0.4, 0.5) is 0 Å². The maximum Gasteiger partial charge on any atom is 0.328 e. The van der Waals surface area contributed by atoms with Crippen LogP contribution in [-0.4, -0.2) is 44.8 Å². The predicted octanol–water partition coefficient (Wildman–Crippen LogP) is 4.73. The average molecular weight is 599 g/mol. The molecule has 0 aliphatic heterocycles. The molecule has 1 aliphatic rings. The van der Waals surface area contributed by atoms with E-state index in [1.54, 1.807) is 6.07 Å². The van der Waals surface area contributed by atoms with E-state index in [4.69, 9.17) is 14.9 Å². The van der Waals surface area contributed by atoms with Crippen LogP contribution in [0.15, 0.2) is 83.7 Å². The summed E-state index contributed by atoms with van der Waals surface area (Å²) in [6.45, 7) is 5.28. The minimum atomic E-state index is -1.26. The van der Waals surface area contributed by atoms with Crippen LogP contribution in [-0.2, 0) is 41.9 Å². The molecule has 0 amide bonds. The molecular weight excluding hydrogens is 560 g/mol. The fourth-order valence-electron chi connectivity index (χ4n) is 5.50. The fraction of sp³-hybridized carbons (Fsp3) is 0.286. The molecule has 0 fully saturated rings. The van der Waals surface area contributed by atoms with Crippen molar-refractivity contribution >= 4 is 22.8 Å². The van der Waals surface area contributed by atoms with Gasteiger partial charge in [0.05, 0.1) is 11.6 Å². The Morgan fingerprint density at radius 2 is 1.55 bits per heavy atom. The van der Waals surface area contributed by atoms with Gasteiger partial charge in [0.2, 0.25) is 5.56 Å². The second kappa shape index (κ2) is 15.1. The van der Waals surface area contributed by atoms with E-state index in [0.29, 0.717) is 42.6 Å². The molecule has 1 heterocycles. The molecule has 0 unspecified atom stereocenters. The Hall–Kier alpha value is -4.73. The summed E-state index contributed by atoms with van der Waals surface area (Å²) >= 11 is 0. The molecule has 0 radical (unpaired) electrons. The van der Waals surface area contributed by atoms with E-state index in [1.165, 1.54) is 28.3 Å². The number of aliphatic hydroxyl groups is 1. The van der Waals surface area contributed by atoms with Gasteiger partial charge in [-0.05, 0) is 71.2 Å². The molecular formula is C35H38N2O7. The zero-order valence-corrected chi connectivity index (χ0v) is 24.9. The number of aromatic nitrogens is 1. The SMILES string of the molecule is CCc1cc2c(cc1CC)CC(NC[C@H](O)c1ccc(OCc3ccccc3)c3[nH]c(=O)ccc13)C2.O=C(O)C=CC(=O)O. The van der Waals surface area contributed by atoms with E-state index < -0.39 is 18.0 Å². The number of hydrogen-bond donors (Lipinski definition) is 5. The van der Waals surface area contributed by atoms with Gasteiger partial charge in [0.25, 0.3) is 0 Å². The summed E-state index contributed by atoms with van der Waals surface area (Å²) in [6.07, 6.45) is 4.51. The number of carbonyl (C=O) groups is 2. The molecule has 3 aromatic carbocycles. The minimum absolute atomic E-state index is 0.196. The molecule has 9 heteroatoms. The Morgan fingerprint density at radius 1 is 0.932 bits per heavy atom. The third-order valence-corrected chi connectivity index (χ3v) is 7.67. The first-order valence-corrected chi connectivity index (χ1v) is 14.7. The van der Waals surface area contributed by atoms with Gasteiger partial charge in [0.15, 0.2) is 0 Å². The maximum absolute atomic E-state index is 12.1. The van der Waals surface area contributed by atoms with Gasteiger partial charge >= 0.3 is 11.9 Å². The maximum atomic E-state index is 12.1. The molecule has 44 heavy (non-hydrogen) atoms. The molecule has 9 nitrogen and oxygen atoms in total. The molecule has 230 valence electrons. The van der Waals surface area contributed by atoms with Crippen molar-refractivity contribution in [3.8, 4) is 5.75 Å². The standard InChI is InChI=1S/C31H34N2O3.C4H4O4/c1-3-21-14-23-16-25(17-24(23)15-22(21)4-2)32-18-28(34)26-10-12-29(31-27(26)11-13-30(35)33-31)36-19-20-8-6-5-7-9-20;5-3(6)1-2-4(7)8/h5-15,25,28,32,34H,3-4,16-19H2,1-2H3,(H,33,35);1-2H,(H,5,6)(H,7,8)/t28-;/m0./s1. The van der Waals surface area contributed by atoms with Gasteiger partial charge in [-0.15, -0.1) is 0 Å². The fourth-order valence-corrected chi connectivity index (χ4v) is 5.50. The summed E-state index contributed by atoms with van der Waals surface area (Å²) in [6, 6.07) is 22.0. The van der Waals surface area contributed by atoms with Crippen molar-refractivity contribution in [3.63, 3.8) is 0 Å². The summed E-state index contributed by atoms with van der Waals surface area (Å²) < 4.78 is 6.04. The first-order chi connectivity index (χ1) is 21.2. The molecule has 0 bridgehead atoms. The zero-order chi connectivity index (χ0) is 31.6. The molecule has 1 atom stereocenters. The number of aliphatic carboxylic acids is 2. The highest BCUT2D eigenvalue weighted by Gasteiger charge is 2.24. The van der Waals surface area contributed by atoms with Crippen LogP contribution >= 0.6 is 0 Å². The largest absolute Gasteiger partial charge is 0.487 e. The van der Waals surface area contributed by atoms with Crippen LogP contribution in [0, 0.1) is 0 Å². The molecule has 5 N–H and O–H groups in total. The topological polar surface area (TPSA) is 149 Å². The smallest absolute Gasteiger partial charge is 0.328 e. The number of ether oxygens (including phenoxy) is 1. The third-order valence-electron chi connectivity index (χ3n) is 7.67. The lowest BCUT2D eigenvalue weighted by molar-refractivity contribution is -0.134. The van der Waals surface area contributed by atoms with Crippen molar-refractivity contribution in [1.29, 1.82) is 0 Å². The summed E-state index contributed by atoms with van der Waals surface area (Å²) in [5, 5.41) is 31.1. The van der Waals surface area contributed by atoms with Crippen molar-refractivity contribution in [3.05, 3.63) is 123 Å².